The molecule has 134 valence electrons. The fraction of sp³-hybridized carbons (Fsp3) is 0.533. The van der Waals surface area contributed by atoms with Gasteiger partial charge in [0.05, 0.1) is 18.2 Å². The first kappa shape index (κ1) is 19.4. The van der Waals surface area contributed by atoms with E-state index in [1.54, 1.807) is 12.1 Å². The van der Waals surface area contributed by atoms with Crippen molar-refractivity contribution in [3.8, 4) is 0 Å². The average Bonchev–Trinajstić information content (AvgIpc) is 2.57. The summed E-state index contributed by atoms with van der Waals surface area (Å²) in [5.41, 5.74) is 0.584. The SMILES string of the molecule is CCCCNC(=S)Nc1ccc(Cl)c(S(=O)(=O)N2CCOCC2)c1. The van der Waals surface area contributed by atoms with Gasteiger partial charge in [-0.3, -0.25) is 0 Å². The number of hydrogen-bond donors (Lipinski definition) is 2. The fourth-order valence-corrected chi connectivity index (χ4v) is 4.39. The molecule has 1 aromatic rings. The molecule has 0 saturated carbocycles. The van der Waals surface area contributed by atoms with Gasteiger partial charge >= 0.3 is 0 Å². The van der Waals surface area contributed by atoms with E-state index in [2.05, 4.69) is 17.6 Å². The lowest BCUT2D eigenvalue weighted by atomic mass is 10.3. The third-order valence-electron chi connectivity index (χ3n) is 3.59. The van der Waals surface area contributed by atoms with Gasteiger partial charge in [0.25, 0.3) is 0 Å². The van der Waals surface area contributed by atoms with Gasteiger partial charge < -0.3 is 15.4 Å². The van der Waals surface area contributed by atoms with Crippen molar-refractivity contribution >= 4 is 44.6 Å². The molecule has 0 atom stereocenters. The summed E-state index contributed by atoms with van der Waals surface area (Å²) in [7, 11) is -3.65. The molecule has 0 radical (unpaired) electrons. The molecule has 0 aliphatic carbocycles. The van der Waals surface area contributed by atoms with E-state index in [0.29, 0.717) is 37.1 Å². The smallest absolute Gasteiger partial charge is 0.244 e. The van der Waals surface area contributed by atoms with Crippen molar-refractivity contribution in [1.29, 1.82) is 0 Å². The van der Waals surface area contributed by atoms with Crippen LogP contribution < -0.4 is 10.6 Å². The van der Waals surface area contributed by atoms with Crippen LogP contribution in [0.15, 0.2) is 23.1 Å². The highest BCUT2D eigenvalue weighted by atomic mass is 35.5. The Morgan fingerprint density at radius 3 is 2.75 bits per heavy atom. The van der Waals surface area contributed by atoms with E-state index < -0.39 is 10.0 Å². The highest BCUT2D eigenvalue weighted by Crippen LogP contribution is 2.28. The standard InChI is InChI=1S/C15H22ClN3O3S2/c1-2-3-6-17-15(23)18-12-4-5-13(16)14(11-12)24(20,21)19-7-9-22-10-8-19/h4-5,11H,2-3,6-10H2,1H3,(H2,17,18,23). The number of nitrogens with zero attached hydrogens (tertiary/aromatic N) is 1. The van der Waals surface area contributed by atoms with Crippen molar-refractivity contribution in [1.82, 2.24) is 9.62 Å². The molecule has 0 unspecified atom stereocenters. The number of rotatable bonds is 6. The molecule has 0 aromatic heterocycles. The first-order valence-corrected chi connectivity index (χ1v) is 10.1. The van der Waals surface area contributed by atoms with Gasteiger partial charge in [-0.2, -0.15) is 4.31 Å². The van der Waals surface area contributed by atoms with Crippen LogP contribution in [0.4, 0.5) is 5.69 Å². The fourth-order valence-electron chi connectivity index (χ4n) is 2.26. The molecule has 0 amide bonds. The lowest BCUT2D eigenvalue weighted by Crippen LogP contribution is -2.40. The van der Waals surface area contributed by atoms with Crippen molar-refractivity contribution in [2.24, 2.45) is 0 Å². The maximum absolute atomic E-state index is 12.8. The lowest BCUT2D eigenvalue weighted by molar-refractivity contribution is 0.0730. The van der Waals surface area contributed by atoms with Gasteiger partial charge in [-0.1, -0.05) is 24.9 Å². The molecule has 2 N–H and O–H groups in total. The highest BCUT2D eigenvalue weighted by molar-refractivity contribution is 7.89. The highest BCUT2D eigenvalue weighted by Gasteiger charge is 2.28. The largest absolute Gasteiger partial charge is 0.379 e. The van der Waals surface area contributed by atoms with E-state index in [9.17, 15) is 8.42 Å². The van der Waals surface area contributed by atoms with Crippen LogP contribution in [0.25, 0.3) is 0 Å². The van der Waals surface area contributed by atoms with Gasteiger partial charge in [-0.05, 0) is 36.8 Å². The van der Waals surface area contributed by atoms with Crippen molar-refractivity contribution in [2.45, 2.75) is 24.7 Å². The second-order valence-electron chi connectivity index (χ2n) is 5.40. The minimum Gasteiger partial charge on any atom is -0.379 e. The number of anilines is 1. The van der Waals surface area contributed by atoms with Crippen molar-refractivity contribution in [2.75, 3.05) is 38.2 Å². The molecule has 0 bridgehead atoms. The third kappa shape index (κ3) is 5.03. The second kappa shape index (κ2) is 8.96. The average molecular weight is 392 g/mol. The molecule has 1 aromatic carbocycles. The topological polar surface area (TPSA) is 70.7 Å². The summed E-state index contributed by atoms with van der Waals surface area (Å²) in [6, 6.07) is 4.78. The molecule has 24 heavy (non-hydrogen) atoms. The minimum atomic E-state index is -3.65. The molecule has 1 aliphatic heterocycles. The van der Waals surface area contributed by atoms with Crippen LogP contribution in [0, 0.1) is 0 Å². The zero-order valence-electron chi connectivity index (χ0n) is 13.5. The number of sulfonamides is 1. The number of thiocarbonyl (C=S) groups is 1. The van der Waals surface area contributed by atoms with Crippen LogP contribution >= 0.6 is 23.8 Å². The Bertz CT molecular complexity index is 677. The molecule has 1 aliphatic rings. The zero-order valence-corrected chi connectivity index (χ0v) is 15.9. The van der Waals surface area contributed by atoms with Crippen LogP contribution in [-0.4, -0.2) is 50.7 Å². The van der Waals surface area contributed by atoms with Crippen molar-refractivity contribution in [3.63, 3.8) is 0 Å². The number of halogens is 1. The molecule has 1 fully saturated rings. The van der Waals surface area contributed by atoms with Crippen LogP contribution in [0.3, 0.4) is 0 Å². The lowest BCUT2D eigenvalue weighted by Gasteiger charge is -2.26. The Hall–Kier alpha value is -0.930. The van der Waals surface area contributed by atoms with E-state index >= 15 is 0 Å². The van der Waals surface area contributed by atoms with E-state index in [1.165, 1.54) is 10.4 Å². The monoisotopic (exact) mass is 391 g/mol. The quantitative estimate of drug-likeness (QED) is 0.573. The van der Waals surface area contributed by atoms with E-state index in [4.69, 9.17) is 28.6 Å². The maximum atomic E-state index is 12.8. The van der Waals surface area contributed by atoms with Gasteiger partial charge in [0.1, 0.15) is 4.90 Å². The molecular formula is C15H22ClN3O3S2. The normalized spacial score (nSPS) is 15.9. The summed E-state index contributed by atoms with van der Waals surface area (Å²) in [6.45, 7) is 4.30. The summed E-state index contributed by atoms with van der Waals surface area (Å²) >= 11 is 11.3. The van der Waals surface area contributed by atoms with Crippen molar-refractivity contribution in [3.05, 3.63) is 23.2 Å². The van der Waals surface area contributed by atoms with Gasteiger partial charge in [-0.25, -0.2) is 8.42 Å². The van der Waals surface area contributed by atoms with Crippen LogP contribution in [0.5, 0.6) is 0 Å². The number of morpholine rings is 1. The van der Waals surface area contributed by atoms with Gasteiger partial charge in [-0.15, -0.1) is 0 Å². The van der Waals surface area contributed by atoms with Gasteiger partial charge in [0.15, 0.2) is 5.11 Å². The van der Waals surface area contributed by atoms with Crippen LogP contribution in [-0.2, 0) is 14.8 Å². The predicted molar refractivity (Wildman–Crippen MR) is 100 cm³/mol. The first-order valence-electron chi connectivity index (χ1n) is 7.87. The molecular weight excluding hydrogens is 370 g/mol. The zero-order chi connectivity index (χ0) is 17.6. The number of benzene rings is 1. The maximum Gasteiger partial charge on any atom is 0.244 e. The van der Waals surface area contributed by atoms with E-state index in [-0.39, 0.29) is 9.92 Å². The Morgan fingerprint density at radius 1 is 1.38 bits per heavy atom. The minimum absolute atomic E-state index is 0.0763. The number of unbranched alkanes of at least 4 members (excludes halogenated alkanes) is 1. The summed E-state index contributed by atoms with van der Waals surface area (Å²) in [6.07, 6.45) is 2.08. The molecule has 6 nitrogen and oxygen atoms in total. The number of nitrogens with one attached hydrogen (secondary N) is 2. The Morgan fingerprint density at radius 2 is 2.08 bits per heavy atom. The number of hydrogen-bond acceptors (Lipinski definition) is 4. The Labute approximate surface area is 153 Å². The van der Waals surface area contributed by atoms with Crippen LogP contribution in [0.1, 0.15) is 19.8 Å². The summed E-state index contributed by atoms with van der Waals surface area (Å²) in [4.78, 5) is 0.0763. The van der Waals surface area contributed by atoms with Gasteiger partial charge in [0, 0.05) is 25.3 Å². The van der Waals surface area contributed by atoms with Gasteiger partial charge in [0.2, 0.25) is 10.0 Å². The number of ether oxygens (including phenoxy) is 1. The van der Waals surface area contributed by atoms with E-state index in [0.717, 1.165) is 19.4 Å². The van der Waals surface area contributed by atoms with Crippen molar-refractivity contribution < 1.29 is 13.2 Å². The second-order valence-corrected chi connectivity index (χ2v) is 8.12. The third-order valence-corrected chi connectivity index (χ3v) is 6.22. The molecule has 0 spiro atoms. The Kier molecular flexibility index (Phi) is 7.24. The summed E-state index contributed by atoms with van der Waals surface area (Å²) in [5, 5.41) is 6.73. The molecule has 1 saturated heterocycles. The Balaban J connectivity index is 2.14. The summed E-state index contributed by atoms with van der Waals surface area (Å²) < 4.78 is 32.1. The van der Waals surface area contributed by atoms with Crippen LogP contribution in [0.2, 0.25) is 5.02 Å². The predicted octanol–water partition coefficient (Wildman–Crippen LogP) is 2.45. The summed E-state index contributed by atoms with van der Waals surface area (Å²) in [5.74, 6) is 0. The first-order chi connectivity index (χ1) is 11.4. The molecule has 2 rings (SSSR count). The molecule has 9 heteroatoms. The molecule has 1 heterocycles. The van der Waals surface area contributed by atoms with E-state index in [1.807, 2.05) is 0 Å².